The van der Waals surface area contributed by atoms with E-state index in [1.807, 2.05) is 30.3 Å². The Morgan fingerprint density at radius 2 is 1.71 bits per heavy atom. The zero-order valence-corrected chi connectivity index (χ0v) is 15.0. The summed E-state index contributed by atoms with van der Waals surface area (Å²) in [5.41, 5.74) is 1.40. The maximum Gasteiger partial charge on any atom is 0.127 e. The third-order valence-electron chi connectivity index (χ3n) is 3.67. The van der Waals surface area contributed by atoms with Crippen LogP contribution in [-0.4, -0.2) is 0 Å². The molecule has 0 heterocycles. The van der Waals surface area contributed by atoms with Gasteiger partial charge in [0.15, 0.2) is 0 Å². The van der Waals surface area contributed by atoms with Gasteiger partial charge in [0.1, 0.15) is 5.82 Å². The number of aryl methyl sites for hydroxylation is 1. The van der Waals surface area contributed by atoms with Crippen LogP contribution in [0.5, 0.6) is 0 Å². The van der Waals surface area contributed by atoms with Crippen LogP contribution in [0.15, 0.2) is 40.9 Å². The predicted molar refractivity (Wildman–Crippen MR) is 91.9 cm³/mol. The first-order valence-electron chi connectivity index (χ1n) is 6.70. The second-order valence-electron chi connectivity index (χ2n) is 5.72. The van der Waals surface area contributed by atoms with Gasteiger partial charge in [0.25, 0.3) is 0 Å². The lowest BCUT2D eigenvalue weighted by molar-refractivity contribution is 0.473. The highest BCUT2D eigenvalue weighted by molar-refractivity contribution is 9.10. The molecule has 4 heteroatoms. The monoisotopic (exact) mass is 388 g/mol. The van der Waals surface area contributed by atoms with Gasteiger partial charge in [0, 0.05) is 14.5 Å². The molecule has 0 bridgehead atoms. The van der Waals surface area contributed by atoms with Crippen LogP contribution in [0.3, 0.4) is 0 Å². The van der Waals surface area contributed by atoms with Gasteiger partial charge in [0.05, 0.1) is 0 Å². The molecule has 0 fully saturated rings. The molecule has 0 amide bonds. The molecule has 0 saturated heterocycles. The van der Waals surface area contributed by atoms with E-state index in [-0.39, 0.29) is 11.2 Å². The van der Waals surface area contributed by atoms with Gasteiger partial charge in [-0.1, -0.05) is 65.1 Å². The van der Waals surface area contributed by atoms with Gasteiger partial charge in [0.2, 0.25) is 0 Å². The molecule has 21 heavy (non-hydrogen) atoms. The second-order valence-corrected chi connectivity index (χ2v) is 7.45. The van der Waals surface area contributed by atoms with E-state index in [1.54, 1.807) is 0 Å². The summed E-state index contributed by atoms with van der Waals surface area (Å²) in [4.78, 5) is 0. The van der Waals surface area contributed by atoms with Crippen LogP contribution in [0.25, 0.3) is 0 Å². The standard InChI is InChI=1S/C17H16BrCl2F/c1-17(2,16-13(19)4-3-5-14(16)20)9-8-11-6-7-12(18)10-15(11)21/h3-7,10H,8-9H2,1-2H3. The van der Waals surface area contributed by atoms with Crippen LogP contribution >= 0.6 is 39.1 Å². The van der Waals surface area contributed by atoms with Crippen molar-refractivity contribution in [2.75, 3.05) is 0 Å². The molecule has 0 radical (unpaired) electrons. The van der Waals surface area contributed by atoms with Gasteiger partial charge in [-0.2, -0.15) is 0 Å². The Bertz CT molecular complexity index is 633. The summed E-state index contributed by atoms with van der Waals surface area (Å²) in [6, 6.07) is 10.7. The minimum absolute atomic E-state index is 0.189. The van der Waals surface area contributed by atoms with Crippen molar-refractivity contribution in [3.8, 4) is 0 Å². The summed E-state index contributed by atoms with van der Waals surface area (Å²) in [6.07, 6.45) is 1.39. The molecule has 0 nitrogen and oxygen atoms in total. The molecule has 2 rings (SSSR count). The number of rotatable bonds is 4. The average molecular weight is 390 g/mol. The Hall–Kier alpha value is -0.570. The van der Waals surface area contributed by atoms with Gasteiger partial charge >= 0.3 is 0 Å². The average Bonchev–Trinajstić information content (AvgIpc) is 2.37. The van der Waals surface area contributed by atoms with Crippen molar-refractivity contribution >= 4 is 39.1 Å². The quantitative estimate of drug-likeness (QED) is 0.538. The fourth-order valence-corrected chi connectivity index (χ4v) is 3.68. The smallest absolute Gasteiger partial charge is 0.127 e. The van der Waals surface area contributed by atoms with Crippen LogP contribution in [0.4, 0.5) is 4.39 Å². The van der Waals surface area contributed by atoms with Crippen molar-refractivity contribution < 1.29 is 4.39 Å². The minimum atomic E-state index is -0.227. The fraction of sp³-hybridized carbons (Fsp3) is 0.294. The largest absolute Gasteiger partial charge is 0.207 e. The van der Waals surface area contributed by atoms with Crippen LogP contribution in [0.1, 0.15) is 31.4 Å². The lowest BCUT2D eigenvalue weighted by atomic mass is 9.79. The Labute approximate surface area is 143 Å². The fourth-order valence-electron chi connectivity index (χ4n) is 2.44. The highest BCUT2D eigenvalue weighted by Gasteiger charge is 2.26. The van der Waals surface area contributed by atoms with Crippen molar-refractivity contribution in [1.29, 1.82) is 0 Å². The molecule has 0 spiro atoms. The van der Waals surface area contributed by atoms with E-state index in [0.717, 1.165) is 16.5 Å². The summed E-state index contributed by atoms with van der Waals surface area (Å²) in [5, 5.41) is 1.31. The maximum absolute atomic E-state index is 13.9. The van der Waals surface area contributed by atoms with Crippen LogP contribution < -0.4 is 0 Å². The zero-order valence-electron chi connectivity index (χ0n) is 11.9. The first kappa shape index (κ1) is 16.8. The van der Waals surface area contributed by atoms with Crippen LogP contribution in [0, 0.1) is 5.82 Å². The van der Waals surface area contributed by atoms with E-state index < -0.39 is 0 Å². The molecule has 0 atom stereocenters. The van der Waals surface area contributed by atoms with Crippen molar-refractivity contribution in [2.45, 2.75) is 32.1 Å². The molecule has 112 valence electrons. The number of hydrogen-bond donors (Lipinski definition) is 0. The highest BCUT2D eigenvalue weighted by Crippen LogP contribution is 2.38. The van der Waals surface area contributed by atoms with Gasteiger partial charge in [-0.25, -0.2) is 4.39 Å². The summed E-state index contributed by atoms with van der Waals surface area (Å²) in [7, 11) is 0. The normalized spacial score (nSPS) is 11.7. The molecule has 0 aliphatic rings. The van der Waals surface area contributed by atoms with E-state index in [2.05, 4.69) is 29.8 Å². The van der Waals surface area contributed by atoms with E-state index in [1.165, 1.54) is 6.07 Å². The van der Waals surface area contributed by atoms with E-state index in [0.29, 0.717) is 22.0 Å². The molecule has 0 aliphatic heterocycles. The molecular formula is C17H16BrCl2F. The summed E-state index contributed by atoms with van der Waals surface area (Å²) >= 11 is 15.8. The number of halogens is 4. The van der Waals surface area contributed by atoms with E-state index in [4.69, 9.17) is 23.2 Å². The summed E-state index contributed by atoms with van der Waals surface area (Å²) in [6.45, 7) is 4.16. The van der Waals surface area contributed by atoms with Gasteiger partial charge in [-0.15, -0.1) is 0 Å². The third-order valence-corrected chi connectivity index (χ3v) is 4.80. The van der Waals surface area contributed by atoms with Crippen molar-refractivity contribution in [3.63, 3.8) is 0 Å². The van der Waals surface area contributed by atoms with E-state index in [9.17, 15) is 4.39 Å². The van der Waals surface area contributed by atoms with Gasteiger partial charge in [-0.3, -0.25) is 0 Å². The first-order chi connectivity index (χ1) is 9.81. The topological polar surface area (TPSA) is 0 Å². The third kappa shape index (κ3) is 4.00. The highest BCUT2D eigenvalue weighted by atomic mass is 79.9. The van der Waals surface area contributed by atoms with Gasteiger partial charge < -0.3 is 0 Å². The Kier molecular flexibility index (Phi) is 5.34. The van der Waals surface area contributed by atoms with Crippen LogP contribution in [-0.2, 0) is 11.8 Å². The second kappa shape index (κ2) is 6.68. The lowest BCUT2D eigenvalue weighted by Crippen LogP contribution is -2.19. The lowest BCUT2D eigenvalue weighted by Gasteiger charge is -2.27. The summed E-state index contributed by atoms with van der Waals surface area (Å²) in [5.74, 6) is -0.189. The molecule has 2 aromatic carbocycles. The van der Waals surface area contributed by atoms with Crippen molar-refractivity contribution in [2.24, 2.45) is 0 Å². The van der Waals surface area contributed by atoms with Crippen LogP contribution in [0.2, 0.25) is 10.0 Å². The molecule has 0 aromatic heterocycles. The van der Waals surface area contributed by atoms with Crippen molar-refractivity contribution in [1.82, 2.24) is 0 Å². The van der Waals surface area contributed by atoms with E-state index >= 15 is 0 Å². The number of hydrogen-bond acceptors (Lipinski definition) is 0. The summed E-state index contributed by atoms with van der Waals surface area (Å²) < 4.78 is 14.7. The molecule has 0 aliphatic carbocycles. The first-order valence-corrected chi connectivity index (χ1v) is 8.24. The predicted octanol–water partition coefficient (Wildman–Crippen LogP) is 6.81. The molecule has 0 N–H and O–H groups in total. The number of benzene rings is 2. The Morgan fingerprint density at radius 3 is 2.29 bits per heavy atom. The Balaban J connectivity index is 2.21. The SMILES string of the molecule is CC(C)(CCc1ccc(Br)cc1F)c1c(Cl)cccc1Cl. The zero-order chi connectivity index (χ0) is 15.6. The molecular weight excluding hydrogens is 374 g/mol. The van der Waals surface area contributed by atoms with Gasteiger partial charge in [-0.05, 0) is 53.6 Å². The Morgan fingerprint density at radius 1 is 1.10 bits per heavy atom. The molecule has 0 saturated carbocycles. The molecule has 2 aromatic rings. The van der Waals surface area contributed by atoms with Crippen molar-refractivity contribution in [3.05, 3.63) is 67.9 Å². The minimum Gasteiger partial charge on any atom is -0.207 e. The maximum atomic E-state index is 13.9. The molecule has 0 unspecified atom stereocenters.